The van der Waals surface area contributed by atoms with Crippen LogP contribution < -0.4 is 9.47 Å². The van der Waals surface area contributed by atoms with Crippen molar-refractivity contribution in [3.8, 4) is 11.5 Å². The van der Waals surface area contributed by atoms with Crippen molar-refractivity contribution in [3.05, 3.63) is 23.8 Å². The molecule has 0 aromatic heterocycles. The lowest BCUT2D eigenvalue weighted by molar-refractivity contribution is -0.146. The standard InChI is InChI=1S/C18H25NO6/c1-5-23-15-7-6-14(8-16(15)22-4)18(21)24-11-17(20)19-9-12(2)25-13(3)10-19/h6-8,12-13H,5,9-11H2,1-4H3. The average Bonchev–Trinajstić information content (AvgIpc) is 2.59. The van der Waals surface area contributed by atoms with Gasteiger partial charge in [0, 0.05) is 13.1 Å². The van der Waals surface area contributed by atoms with Gasteiger partial charge in [0.05, 0.1) is 31.5 Å². The van der Waals surface area contributed by atoms with Crippen LogP contribution in [0.15, 0.2) is 18.2 Å². The smallest absolute Gasteiger partial charge is 0.338 e. The molecule has 0 radical (unpaired) electrons. The number of carbonyl (C=O) groups excluding carboxylic acids is 2. The number of carbonyl (C=O) groups is 2. The highest BCUT2D eigenvalue weighted by Gasteiger charge is 2.26. The number of benzene rings is 1. The third-order valence-corrected chi connectivity index (χ3v) is 3.80. The molecule has 1 fully saturated rings. The number of hydrogen-bond donors (Lipinski definition) is 0. The number of morpholine rings is 1. The van der Waals surface area contributed by atoms with E-state index in [2.05, 4.69) is 0 Å². The third kappa shape index (κ3) is 5.09. The molecule has 0 saturated carbocycles. The van der Waals surface area contributed by atoms with Gasteiger partial charge in [-0.15, -0.1) is 0 Å². The molecule has 1 saturated heterocycles. The summed E-state index contributed by atoms with van der Waals surface area (Å²) < 4.78 is 21.4. The van der Waals surface area contributed by atoms with Crippen LogP contribution in [0.5, 0.6) is 11.5 Å². The van der Waals surface area contributed by atoms with Gasteiger partial charge < -0.3 is 23.8 Å². The van der Waals surface area contributed by atoms with Crippen LogP contribution in [0.25, 0.3) is 0 Å². The lowest BCUT2D eigenvalue weighted by Crippen LogP contribution is -2.49. The van der Waals surface area contributed by atoms with E-state index < -0.39 is 5.97 Å². The van der Waals surface area contributed by atoms with Crippen molar-refractivity contribution in [2.45, 2.75) is 33.0 Å². The molecular formula is C18H25NO6. The van der Waals surface area contributed by atoms with Crippen molar-refractivity contribution in [2.24, 2.45) is 0 Å². The van der Waals surface area contributed by atoms with E-state index >= 15 is 0 Å². The maximum Gasteiger partial charge on any atom is 0.338 e. The van der Waals surface area contributed by atoms with Gasteiger partial charge in [0.2, 0.25) is 0 Å². The SMILES string of the molecule is CCOc1ccc(C(=O)OCC(=O)N2CC(C)OC(C)C2)cc1OC. The maximum absolute atomic E-state index is 12.2. The van der Waals surface area contributed by atoms with Crippen LogP contribution in [0.2, 0.25) is 0 Å². The highest BCUT2D eigenvalue weighted by Crippen LogP contribution is 2.28. The fourth-order valence-electron chi connectivity index (χ4n) is 2.75. The van der Waals surface area contributed by atoms with Gasteiger partial charge in [-0.2, -0.15) is 0 Å². The first-order chi connectivity index (χ1) is 11.9. The summed E-state index contributed by atoms with van der Waals surface area (Å²) in [5, 5.41) is 0. The lowest BCUT2D eigenvalue weighted by atomic mass is 10.2. The van der Waals surface area contributed by atoms with Crippen LogP contribution in [0.1, 0.15) is 31.1 Å². The second-order valence-corrected chi connectivity index (χ2v) is 5.93. The van der Waals surface area contributed by atoms with Gasteiger partial charge in [0.25, 0.3) is 5.91 Å². The summed E-state index contributed by atoms with van der Waals surface area (Å²) >= 11 is 0. The molecule has 138 valence electrons. The second kappa shape index (κ2) is 8.71. The van der Waals surface area contributed by atoms with Gasteiger partial charge >= 0.3 is 5.97 Å². The lowest BCUT2D eigenvalue weighted by Gasteiger charge is -2.35. The Morgan fingerprint density at radius 1 is 1.20 bits per heavy atom. The molecule has 0 spiro atoms. The first kappa shape index (κ1) is 19.1. The van der Waals surface area contributed by atoms with E-state index in [1.165, 1.54) is 13.2 Å². The molecule has 7 nitrogen and oxygen atoms in total. The Hall–Kier alpha value is -2.28. The largest absolute Gasteiger partial charge is 0.493 e. The van der Waals surface area contributed by atoms with Gasteiger partial charge in [-0.3, -0.25) is 4.79 Å². The molecule has 0 N–H and O–H groups in total. The number of hydrogen-bond acceptors (Lipinski definition) is 6. The Kier molecular flexibility index (Phi) is 6.64. The van der Waals surface area contributed by atoms with Gasteiger partial charge in [-0.25, -0.2) is 4.79 Å². The van der Waals surface area contributed by atoms with Crippen molar-refractivity contribution in [2.75, 3.05) is 33.4 Å². The summed E-state index contributed by atoms with van der Waals surface area (Å²) in [5.41, 5.74) is 0.303. The molecule has 1 aromatic rings. The predicted octanol–water partition coefficient (Wildman–Crippen LogP) is 1.89. The maximum atomic E-state index is 12.2. The number of ether oxygens (including phenoxy) is 4. The van der Waals surface area contributed by atoms with Crippen LogP contribution >= 0.6 is 0 Å². The van der Waals surface area contributed by atoms with Gasteiger partial charge in [0.1, 0.15) is 0 Å². The Morgan fingerprint density at radius 2 is 1.88 bits per heavy atom. The molecule has 1 aliphatic heterocycles. The summed E-state index contributed by atoms with van der Waals surface area (Å²) in [4.78, 5) is 26.1. The van der Waals surface area contributed by atoms with Gasteiger partial charge in [-0.05, 0) is 39.0 Å². The zero-order chi connectivity index (χ0) is 18.4. The van der Waals surface area contributed by atoms with Crippen LogP contribution in [0.3, 0.4) is 0 Å². The highest BCUT2D eigenvalue weighted by molar-refractivity contribution is 5.92. The van der Waals surface area contributed by atoms with Crippen LogP contribution in [-0.4, -0.2) is 62.4 Å². The Labute approximate surface area is 147 Å². The van der Waals surface area contributed by atoms with E-state index in [1.807, 2.05) is 20.8 Å². The number of esters is 1. The molecule has 1 aliphatic rings. The Bertz CT molecular complexity index is 608. The van der Waals surface area contributed by atoms with E-state index in [0.717, 1.165) is 0 Å². The van der Waals surface area contributed by atoms with Crippen molar-refractivity contribution >= 4 is 11.9 Å². The van der Waals surface area contributed by atoms with E-state index in [0.29, 0.717) is 36.8 Å². The molecule has 7 heteroatoms. The summed E-state index contributed by atoms with van der Waals surface area (Å²) in [6.07, 6.45) is -0.0578. The van der Waals surface area contributed by atoms with Crippen LogP contribution in [0, 0.1) is 0 Å². The summed E-state index contributed by atoms with van der Waals surface area (Å²) in [5.74, 6) is 0.185. The summed E-state index contributed by atoms with van der Waals surface area (Å²) in [6, 6.07) is 4.77. The molecule has 1 amide bonds. The monoisotopic (exact) mass is 351 g/mol. The molecule has 2 unspecified atom stereocenters. The minimum Gasteiger partial charge on any atom is -0.493 e. The van der Waals surface area contributed by atoms with Crippen molar-refractivity contribution in [1.29, 1.82) is 0 Å². The average molecular weight is 351 g/mol. The minimum absolute atomic E-state index is 0.0289. The quantitative estimate of drug-likeness (QED) is 0.729. The van der Waals surface area contributed by atoms with Crippen molar-refractivity contribution in [1.82, 2.24) is 4.90 Å². The minimum atomic E-state index is -0.580. The molecule has 0 aliphatic carbocycles. The predicted molar refractivity (Wildman–Crippen MR) is 91.0 cm³/mol. The second-order valence-electron chi connectivity index (χ2n) is 5.93. The molecule has 1 heterocycles. The summed E-state index contributed by atoms with van der Waals surface area (Å²) in [7, 11) is 1.50. The first-order valence-electron chi connectivity index (χ1n) is 8.35. The number of methoxy groups -OCH3 is 1. The zero-order valence-electron chi connectivity index (χ0n) is 15.1. The van der Waals surface area contributed by atoms with E-state index in [1.54, 1.807) is 17.0 Å². The van der Waals surface area contributed by atoms with Crippen LogP contribution in [-0.2, 0) is 14.3 Å². The topological polar surface area (TPSA) is 74.3 Å². The molecule has 2 rings (SSSR count). The van der Waals surface area contributed by atoms with Crippen molar-refractivity contribution in [3.63, 3.8) is 0 Å². The fraction of sp³-hybridized carbons (Fsp3) is 0.556. The van der Waals surface area contributed by atoms with Crippen molar-refractivity contribution < 1.29 is 28.5 Å². The van der Waals surface area contributed by atoms with Gasteiger partial charge in [-0.1, -0.05) is 0 Å². The zero-order valence-corrected chi connectivity index (χ0v) is 15.1. The first-order valence-corrected chi connectivity index (χ1v) is 8.35. The highest BCUT2D eigenvalue weighted by atomic mass is 16.5. The number of nitrogens with zero attached hydrogens (tertiary/aromatic N) is 1. The van der Waals surface area contributed by atoms with E-state index in [4.69, 9.17) is 18.9 Å². The van der Waals surface area contributed by atoms with E-state index in [-0.39, 0.29) is 24.7 Å². The van der Waals surface area contributed by atoms with E-state index in [9.17, 15) is 9.59 Å². The molecule has 1 aromatic carbocycles. The Morgan fingerprint density at radius 3 is 2.48 bits per heavy atom. The van der Waals surface area contributed by atoms with Gasteiger partial charge in [0.15, 0.2) is 18.1 Å². The molecule has 0 bridgehead atoms. The molecular weight excluding hydrogens is 326 g/mol. The fourth-order valence-corrected chi connectivity index (χ4v) is 2.75. The molecule has 2 atom stereocenters. The summed E-state index contributed by atoms with van der Waals surface area (Å²) in [6.45, 7) is 6.87. The number of rotatable bonds is 6. The third-order valence-electron chi connectivity index (χ3n) is 3.80. The number of amides is 1. The Balaban J connectivity index is 1.94. The van der Waals surface area contributed by atoms with Crippen LogP contribution in [0.4, 0.5) is 0 Å². The molecule has 25 heavy (non-hydrogen) atoms. The normalized spacial score (nSPS) is 20.1.